The van der Waals surface area contributed by atoms with Gasteiger partial charge in [0, 0.05) is 24.0 Å². The summed E-state index contributed by atoms with van der Waals surface area (Å²) in [5.74, 6) is 1.53. The molecule has 3 aromatic rings. The van der Waals surface area contributed by atoms with Gasteiger partial charge in [-0.05, 0) is 30.9 Å². The second-order valence-corrected chi connectivity index (χ2v) is 6.10. The Bertz CT molecular complexity index is 793. The molecule has 7 heteroatoms. The molecule has 0 bridgehead atoms. The highest BCUT2D eigenvalue weighted by Gasteiger charge is 2.36. The zero-order chi connectivity index (χ0) is 14.4. The van der Waals surface area contributed by atoms with Crippen molar-refractivity contribution in [2.75, 3.05) is 7.11 Å². The molecule has 1 saturated carbocycles. The molecule has 1 aliphatic carbocycles. The third-order valence-corrected chi connectivity index (χ3v) is 4.13. The Labute approximate surface area is 129 Å². The van der Waals surface area contributed by atoms with Gasteiger partial charge in [-0.15, -0.1) is 0 Å². The number of methoxy groups -OCH3 is 1. The number of aromatic nitrogens is 4. The first-order chi connectivity index (χ1) is 10.2. The summed E-state index contributed by atoms with van der Waals surface area (Å²) in [7, 11) is 1.68. The van der Waals surface area contributed by atoms with Crippen LogP contribution in [0.1, 0.15) is 24.8 Å². The number of imidazole rings is 1. The van der Waals surface area contributed by atoms with Gasteiger partial charge in [0.05, 0.1) is 0 Å². The van der Waals surface area contributed by atoms with E-state index in [1.807, 2.05) is 28.9 Å². The minimum atomic E-state index is -0.0996. The predicted molar refractivity (Wildman–Crippen MR) is 78.7 cm³/mol. The highest BCUT2D eigenvalue weighted by Crippen LogP contribution is 2.42. The van der Waals surface area contributed by atoms with E-state index in [-0.39, 0.29) is 6.10 Å². The van der Waals surface area contributed by atoms with E-state index in [1.165, 1.54) is 0 Å². The maximum Gasteiger partial charge on any atom is 0.256 e. The highest BCUT2D eigenvalue weighted by atomic mass is 79.9. The Morgan fingerprint density at radius 1 is 1.43 bits per heavy atom. The van der Waals surface area contributed by atoms with Gasteiger partial charge in [-0.1, -0.05) is 21.1 Å². The Kier molecular flexibility index (Phi) is 3.04. The van der Waals surface area contributed by atoms with Crippen LogP contribution in [0.3, 0.4) is 0 Å². The van der Waals surface area contributed by atoms with Crippen LogP contribution < -0.4 is 0 Å². The lowest BCUT2D eigenvalue weighted by Gasteiger charge is -2.07. The van der Waals surface area contributed by atoms with Crippen LogP contribution in [0.4, 0.5) is 0 Å². The van der Waals surface area contributed by atoms with Crippen molar-refractivity contribution in [1.29, 1.82) is 0 Å². The van der Waals surface area contributed by atoms with Gasteiger partial charge in [-0.3, -0.25) is 0 Å². The third kappa shape index (κ3) is 2.36. The van der Waals surface area contributed by atoms with Crippen molar-refractivity contribution in [3.05, 3.63) is 34.9 Å². The maximum atomic E-state index is 5.46. The van der Waals surface area contributed by atoms with E-state index in [0.29, 0.717) is 23.3 Å². The summed E-state index contributed by atoms with van der Waals surface area (Å²) in [5.41, 5.74) is 1.52. The van der Waals surface area contributed by atoms with Gasteiger partial charge >= 0.3 is 0 Å². The van der Waals surface area contributed by atoms with Crippen molar-refractivity contribution >= 4 is 21.6 Å². The molecule has 0 aromatic carbocycles. The van der Waals surface area contributed by atoms with E-state index >= 15 is 0 Å². The fourth-order valence-electron chi connectivity index (χ4n) is 2.41. The number of hydrogen-bond donors (Lipinski definition) is 0. The van der Waals surface area contributed by atoms with Crippen LogP contribution >= 0.6 is 15.9 Å². The van der Waals surface area contributed by atoms with Gasteiger partial charge in [0.25, 0.3) is 5.89 Å². The van der Waals surface area contributed by atoms with Crippen molar-refractivity contribution in [1.82, 2.24) is 19.5 Å². The van der Waals surface area contributed by atoms with Crippen molar-refractivity contribution in [3.8, 4) is 11.5 Å². The summed E-state index contributed by atoms with van der Waals surface area (Å²) in [6.07, 6.45) is 6.02. The van der Waals surface area contributed by atoms with Crippen LogP contribution in [0.2, 0.25) is 0 Å². The zero-order valence-electron chi connectivity index (χ0n) is 11.4. The molecule has 1 fully saturated rings. The quantitative estimate of drug-likeness (QED) is 0.723. The molecule has 1 atom stereocenters. The molecule has 0 saturated heterocycles. The molecular weight excluding hydrogens is 336 g/mol. The lowest BCUT2D eigenvalue weighted by molar-refractivity contribution is 0.0561. The van der Waals surface area contributed by atoms with Crippen molar-refractivity contribution in [3.63, 3.8) is 0 Å². The third-order valence-electron chi connectivity index (χ3n) is 3.64. The molecule has 0 radical (unpaired) electrons. The minimum Gasteiger partial charge on any atom is -0.371 e. The Morgan fingerprint density at radius 3 is 3.05 bits per heavy atom. The number of halogens is 1. The fraction of sp³-hybridized carbons (Fsp3) is 0.357. The van der Waals surface area contributed by atoms with Crippen molar-refractivity contribution in [2.24, 2.45) is 5.92 Å². The Hall–Kier alpha value is -1.73. The van der Waals surface area contributed by atoms with E-state index in [1.54, 1.807) is 7.11 Å². The number of pyridine rings is 1. The highest BCUT2D eigenvalue weighted by molar-refractivity contribution is 9.10. The van der Waals surface area contributed by atoms with E-state index in [4.69, 9.17) is 9.26 Å². The Balaban J connectivity index is 1.70. The number of fused-ring (bicyclic) bond motifs is 1. The van der Waals surface area contributed by atoms with Gasteiger partial charge in [-0.2, -0.15) is 4.98 Å². The molecule has 0 spiro atoms. The van der Waals surface area contributed by atoms with Crippen LogP contribution in [-0.4, -0.2) is 26.6 Å². The summed E-state index contributed by atoms with van der Waals surface area (Å²) in [4.78, 5) is 8.95. The van der Waals surface area contributed by atoms with Crippen LogP contribution in [0.5, 0.6) is 0 Å². The van der Waals surface area contributed by atoms with Gasteiger partial charge in [-0.25, -0.2) is 4.98 Å². The summed E-state index contributed by atoms with van der Waals surface area (Å²) in [6.45, 7) is 0. The molecule has 0 N–H and O–H groups in total. The van der Waals surface area contributed by atoms with E-state index in [0.717, 1.165) is 23.0 Å². The molecular formula is C14H13BrN4O2. The molecule has 1 aliphatic rings. The molecule has 0 aliphatic heterocycles. The summed E-state index contributed by atoms with van der Waals surface area (Å²) in [6, 6.07) is 3.89. The monoisotopic (exact) mass is 348 g/mol. The van der Waals surface area contributed by atoms with Gasteiger partial charge in [0.2, 0.25) is 5.82 Å². The largest absolute Gasteiger partial charge is 0.371 e. The molecule has 3 aromatic heterocycles. The SMILES string of the molecule is COC(c1nc(-c2cn3ccc(Br)cc3n2)no1)C1CC1. The van der Waals surface area contributed by atoms with E-state index in [9.17, 15) is 0 Å². The van der Waals surface area contributed by atoms with Crippen LogP contribution in [-0.2, 0) is 4.74 Å². The van der Waals surface area contributed by atoms with Gasteiger partial charge in [0.1, 0.15) is 17.4 Å². The topological polar surface area (TPSA) is 65.5 Å². The first-order valence-electron chi connectivity index (χ1n) is 6.75. The standard InChI is InChI=1S/C14H13BrN4O2/c1-20-12(8-2-3-8)14-17-13(18-21-14)10-7-19-5-4-9(15)6-11(19)16-10/h4-8,12H,2-3H2,1H3. The van der Waals surface area contributed by atoms with Crippen molar-refractivity contribution in [2.45, 2.75) is 18.9 Å². The van der Waals surface area contributed by atoms with Gasteiger partial charge < -0.3 is 13.7 Å². The smallest absolute Gasteiger partial charge is 0.256 e. The average molecular weight is 349 g/mol. The normalized spacial score (nSPS) is 16.5. The molecule has 3 heterocycles. The number of rotatable bonds is 4. The predicted octanol–water partition coefficient (Wildman–Crippen LogP) is 3.24. The molecule has 4 rings (SSSR count). The molecule has 21 heavy (non-hydrogen) atoms. The van der Waals surface area contributed by atoms with Crippen molar-refractivity contribution < 1.29 is 9.26 Å². The second kappa shape index (κ2) is 4.92. The number of nitrogens with zero attached hydrogens (tertiary/aromatic N) is 4. The summed E-state index contributed by atoms with van der Waals surface area (Å²) < 4.78 is 13.7. The molecule has 108 valence electrons. The minimum absolute atomic E-state index is 0.0996. The lowest BCUT2D eigenvalue weighted by Crippen LogP contribution is -2.03. The molecule has 6 nitrogen and oxygen atoms in total. The van der Waals surface area contributed by atoms with E-state index in [2.05, 4.69) is 31.1 Å². The van der Waals surface area contributed by atoms with Gasteiger partial charge in [0.15, 0.2) is 0 Å². The van der Waals surface area contributed by atoms with Crippen LogP contribution in [0.15, 0.2) is 33.5 Å². The second-order valence-electron chi connectivity index (χ2n) is 5.19. The summed E-state index contributed by atoms with van der Waals surface area (Å²) >= 11 is 3.43. The number of hydrogen-bond acceptors (Lipinski definition) is 5. The molecule has 0 amide bonds. The fourth-order valence-corrected chi connectivity index (χ4v) is 2.74. The lowest BCUT2D eigenvalue weighted by atomic mass is 10.2. The van der Waals surface area contributed by atoms with Crippen LogP contribution in [0, 0.1) is 5.92 Å². The maximum absolute atomic E-state index is 5.46. The first kappa shape index (κ1) is 13.0. The summed E-state index contributed by atoms with van der Waals surface area (Å²) in [5, 5.41) is 4.03. The first-order valence-corrected chi connectivity index (χ1v) is 7.55. The Morgan fingerprint density at radius 2 is 2.29 bits per heavy atom. The number of ether oxygens (including phenoxy) is 1. The van der Waals surface area contributed by atoms with E-state index < -0.39 is 0 Å². The average Bonchev–Trinajstić information content (AvgIpc) is 3.03. The molecule has 1 unspecified atom stereocenters. The zero-order valence-corrected chi connectivity index (χ0v) is 12.9. The van der Waals surface area contributed by atoms with Crippen LogP contribution in [0.25, 0.3) is 17.2 Å².